The number of pyridine rings is 1. The molecule has 0 unspecified atom stereocenters. The minimum absolute atomic E-state index is 0.450. The fraction of sp³-hybridized carbons (Fsp3) is 0.533. The Balaban J connectivity index is 1.72. The number of nitrogens with zero attached hydrogens (tertiary/aromatic N) is 3. The van der Waals surface area contributed by atoms with Crippen molar-refractivity contribution in [2.24, 2.45) is 5.92 Å². The maximum Gasteiger partial charge on any atom is 0.230 e. The smallest absolute Gasteiger partial charge is 0.230 e. The lowest BCUT2D eigenvalue weighted by Crippen LogP contribution is -2.12. The third-order valence-corrected chi connectivity index (χ3v) is 4.15. The van der Waals surface area contributed by atoms with Gasteiger partial charge in [-0.1, -0.05) is 18.5 Å². The van der Waals surface area contributed by atoms with Crippen LogP contribution in [0.25, 0.3) is 11.4 Å². The van der Waals surface area contributed by atoms with Crippen LogP contribution in [0.3, 0.4) is 0 Å². The summed E-state index contributed by atoms with van der Waals surface area (Å²) >= 11 is 0. The topological polar surface area (TPSA) is 51.8 Å². The summed E-state index contributed by atoms with van der Waals surface area (Å²) < 4.78 is 5.45. The van der Waals surface area contributed by atoms with Gasteiger partial charge in [-0.15, -0.1) is 0 Å². The highest BCUT2D eigenvalue weighted by atomic mass is 16.5. The molecule has 0 amide bonds. The number of hydrogen-bond donors (Lipinski definition) is 0. The van der Waals surface area contributed by atoms with Crippen LogP contribution in [0.2, 0.25) is 0 Å². The van der Waals surface area contributed by atoms with E-state index in [1.165, 1.54) is 32.1 Å². The van der Waals surface area contributed by atoms with Gasteiger partial charge in [0.05, 0.1) is 0 Å². The van der Waals surface area contributed by atoms with Crippen molar-refractivity contribution in [3.63, 3.8) is 0 Å². The lowest BCUT2D eigenvalue weighted by molar-refractivity contribution is 0.267. The zero-order valence-corrected chi connectivity index (χ0v) is 11.2. The van der Waals surface area contributed by atoms with Gasteiger partial charge in [0.25, 0.3) is 0 Å². The van der Waals surface area contributed by atoms with Gasteiger partial charge in [0, 0.05) is 23.9 Å². The van der Waals surface area contributed by atoms with Crippen molar-refractivity contribution < 1.29 is 4.52 Å². The van der Waals surface area contributed by atoms with Crippen LogP contribution in [0.15, 0.2) is 29.0 Å². The van der Waals surface area contributed by atoms with Crippen LogP contribution < -0.4 is 0 Å². The molecule has 1 aliphatic carbocycles. The van der Waals surface area contributed by atoms with Crippen molar-refractivity contribution in [1.29, 1.82) is 0 Å². The highest BCUT2D eigenvalue weighted by Crippen LogP contribution is 2.36. The second-order valence-electron chi connectivity index (χ2n) is 5.32. The molecule has 2 heterocycles. The molecule has 2 aromatic rings. The second-order valence-corrected chi connectivity index (χ2v) is 5.32. The zero-order valence-electron chi connectivity index (χ0n) is 11.2. The van der Waals surface area contributed by atoms with Crippen molar-refractivity contribution in [2.45, 2.75) is 44.9 Å². The summed E-state index contributed by atoms with van der Waals surface area (Å²) in [7, 11) is 0. The van der Waals surface area contributed by atoms with Gasteiger partial charge in [-0.05, 0) is 43.7 Å². The molecule has 19 heavy (non-hydrogen) atoms. The minimum Gasteiger partial charge on any atom is -0.339 e. The first-order chi connectivity index (χ1) is 9.36. The first kappa shape index (κ1) is 12.3. The summed E-state index contributed by atoms with van der Waals surface area (Å²) in [6.45, 7) is 2.28. The van der Waals surface area contributed by atoms with Crippen LogP contribution in [0.4, 0.5) is 0 Å². The van der Waals surface area contributed by atoms with E-state index >= 15 is 0 Å². The third kappa shape index (κ3) is 2.67. The number of hydrogen-bond acceptors (Lipinski definition) is 4. The first-order valence-electron chi connectivity index (χ1n) is 7.10. The molecule has 0 saturated heterocycles. The van der Waals surface area contributed by atoms with Crippen molar-refractivity contribution in [3.05, 3.63) is 30.4 Å². The van der Waals surface area contributed by atoms with E-state index in [9.17, 15) is 0 Å². The molecule has 0 atom stereocenters. The summed E-state index contributed by atoms with van der Waals surface area (Å²) in [5, 5.41) is 4.09. The molecular formula is C15H19N3O. The molecule has 0 aromatic carbocycles. The van der Waals surface area contributed by atoms with Gasteiger partial charge in [0.2, 0.25) is 11.7 Å². The fourth-order valence-electron chi connectivity index (χ4n) is 2.84. The van der Waals surface area contributed by atoms with E-state index in [0.29, 0.717) is 11.7 Å². The van der Waals surface area contributed by atoms with Gasteiger partial charge in [0.1, 0.15) is 0 Å². The van der Waals surface area contributed by atoms with E-state index in [4.69, 9.17) is 4.52 Å². The molecular weight excluding hydrogens is 238 g/mol. The molecule has 0 spiro atoms. The first-order valence-corrected chi connectivity index (χ1v) is 7.10. The standard InChI is InChI=1S/C15H19N3O/c1-2-11-3-5-13(6-4-11)15-17-14(18-19-15)12-7-9-16-10-8-12/h7-11,13H,2-6H2,1H3. The summed E-state index contributed by atoms with van der Waals surface area (Å²) in [6.07, 6.45) is 9.71. The van der Waals surface area contributed by atoms with Gasteiger partial charge in [-0.25, -0.2) is 0 Å². The molecule has 0 bridgehead atoms. The van der Waals surface area contributed by atoms with E-state index in [1.807, 2.05) is 12.1 Å². The molecule has 1 fully saturated rings. The second kappa shape index (κ2) is 5.51. The SMILES string of the molecule is CCC1CCC(c2nc(-c3ccncc3)no2)CC1. The Hall–Kier alpha value is -1.71. The lowest BCUT2D eigenvalue weighted by atomic mass is 9.81. The van der Waals surface area contributed by atoms with Crippen molar-refractivity contribution in [3.8, 4) is 11.4 Å². The van der Waals surface area contributed by atoms with E-state index in [1.54, 1.807) is 12.4 Å². The highest BCUT2D eigenvalue weighted by Gasteiger charge is 2.25. The molecule has 4 heteroatoms. The van der Waals surface area contributed by atoms with Gasteiger partial charge < -0.3 is 4.52 Å². The third-order valence-electron chi connectivity index (χ3n) is 4.15. The predicted octanol–water partition coefficient (Wildman–Crippen LogP) is 3.82. The minimum atomic E-state index is 0.450. The van der Waals surface area contributed by atoms with Crippen LogP contribution >= 0.6 is 0 Å². The Morgan fingerprint density at radius 1 is 1.16 bits per heavy atom. The molecule has 1 aliphatic rings. The van der Waals surface area contributed by atoms with Crippen LogP contribution in [0.1, 0.15) is 50.8 Å². The van der Waals surface area contributed by atoms with Gasteiger partial charge >= 0.3 is 0 Å². The molecule has 1 saturated carbocycles. The largest absolute Gasteiger partial charge is 0.339 e. The molecule has 2 aromatic heterocycles. The average molecular weight is 257 g/mol. The fourth-order valence-corrected chi connectivity index (χ4v) is 2.84. The van der Waals surface area contributed by atoms with Crippen molar-refractivity contribution in [1.82, 2.24) is 15.1 Å². The van der Waals surface area contributed by atoms with E-state index in [0.717, 1.165) is 17.4 Å². The van der Waals surface area contributed by atoms with Crippen LogP contribution in [0.5, 0.6) is 0 Å². The number of rotatable bonds is 3. The quantitative estimate of drug-likeness (QED) is 0.838. The Bertz CT molecular complexity index is 515. The molecule has 100 valence electrons. The summed E-state index contributed by atoms with van der Waals surface area (Å²) in [5.41, 5.74) is 0.965. The molecule has 0 aliphatic heterocycles. The summed E-state index contributed by atoms with van der Waals surface area (Å²) in [4.78, 5) is 8.55. The normalized spacial score (nSPS) is 23.4. The Morgan fingerprint density at radius 3 is 2.58 bits per heavy atom. The van der Waals surface area contributed by atoms with E-state index in [2.05, 4.69) is 22.0 Å². The van der Waals surface area contributed by atoms with E-state index in [-0.39, 0.29) is 0 Å². The van der Waals surface area contributed by atoms with Crippen LogP contribution in [-0.2, 0) is 0 Å². The predicted molar refractivity (Wildman–Crippen MR) is 72.5 cm³/mol. The highest BCUT2D eigenvalue weighted by molar-refractivity contribution is 5.52. The van der Waals surface area contributed by atoms with Crippen molar-refractivity contribution >= 4 is 0 Å². The molecule has 0 N–H and O–H groups in total. The maximum atomic E-state index is 5.45. The number of aromatic nitrogens is 3. The van der Waals surface area contributed by atoms with Gasteiger partial charge in [-0.2, -0.15) is 4.98 Å². The lowest BCUT2D eigenvalue weighted by Gasteiger charge is -2.25. The van der Waals surface area contributed by atoms with Crippen LogP contribution in [0, 0.1) is 5.92 Å². The summed E-state index contributed by atoms with van der Waals surface area (Å²) in [5.74, 6) is 2.82. The Kier molecular flexibility index (Phi) is 3.58. The summed E-state index contributed by atoms with van der Waals surface area (Å²) in [6, 6.07) is 3.81. The van der Waals surface area contributed by atoms with Crippen LogP contribution in [-0.4, -0.2) is 15.1 Å². The maximum absolute atomic E-state index is 5.45. The Morgan fingerprint density at radius 2 is 1.89 bits per heavy atom. The zero-order chi connectivity index (χ0) is 13.1. The van der Waals surface area contributed by atoms with E-state index < -0.39 is 0 Å². The monoisotopic (exact) mass is 257 g/mol. The molecule has 0 radical (unpaired) electrons. The van der Waals surface area contributed by atoms with Gasteiger partial charge in [0.15, 0.2) is 0 Å². The Labute approximate surface area is 113 Å². The van der Waals surface area contributed by atoms with Crippen molar-refractivity contribution in [2.75, 3.05) is 0 Å². The van der Waals surface area contributed by atoms with Gasteiger partial charge in [-0.3, -0.25) is 4.98 Å². The average Bonchev–Trinajstić information content (AvgIpc) is 2.98. The molecule has 4 nitrogen and oxygen atoms in total. The molecule has 3 rings (SSSR count).